The summed E-state index contributed by atoms with van der Waals surface area (Å²) in [7, 11) is 0. The Bertz CT molecular complexity index is 357. The Morgan fingerprint density at radius 2 is 2.33 bits per heavy atom. The van der Waals surface area contributed by atoms with Gasteiger partial charge >= 0.3 is 5.97 Å². The first-order chi connectivity index (χ1) is 7.15. The van der Waals surface area contributed by atoms with Crippen LogP contribution in [0.1, 0.15) is 10.4 Å². The molecule has 0 radical (unpaired) electrons. The molecule has 3 nitrogen and oxygen atoms in total. The van der Waals surface area contributed by atoms with E-state index in [1.165, 1.54) is 12.1 Å². The van der Waals surface area contributed by atoms with Gasteiger partial charge in [0.2, 0.25) is 0 Å². The Kier molecular flexibility index (Phi) is 4.42. The van der Waals surface area contributed by atoms with Crippen LogP contribution in [0.5, 0.6) is 0 Å². The molecular weight excluding hydrogens is 217 g/mol. The van der Waals surface area contributed by atoms with E-state index in [1.807, 2.05) is 6.26 Å². The third-order valence-electron chi connectivity index (χ3n) is 1.76. The molecule has 0 amide bonds. The van der Waals surface area contributed by atoms with Crippen LogP contribution in [0.3, 0.4) is 0 Å². The van der Waals surface area contributed by atoms with Gasteiger partial charge in [-0.05, 0) is 24.5 Å². The maximum atomic E-state index is 12.8. The van der Waals surface area contributed by atoms with Gasteiger partial charge in [-0.2, -0.15) is 11.8 Å². The summed E-state index contributed by atoms with van der Waals surface area (Å²) in [5.74, 6) is -0.372. The smallest absolute Gasteiger partial charge is 0.340 e. The molecule has 1 aromatic carbocycles. The molecule has 0 fully saturated rings. The zero-order valence-corrected chi connectivity index (χ0v) is 9.14. The highest BCUT2D eigenvalue weighted by molar-refractivity contribution is 7.98. The second kappa shape index (κ2) is 5.60. The molecule has 82 valence electrons. The van der Waals surface area contributed by atoms with Crippen molar-refractivity contribution in [2.75, 3.05) is 24.3 Å². The molecule has 0 atom stereocenters. The summed E-state index contributed by atoms with van der Waals surface area (Å²) in [5.41, 5.74) is 5.83. The predicted octanol–water partition coefficient (Wildman–Crippen LogP) is 1.93. The molecule has 0 aliphatic rings. The van der Waals surface area contributed by atoms with Gasteiger partial charge in [0.05, 0.1) is 5.56 Å². The van der Waals surface area contributed by atoms with Crippen molar-refractivity contribution in [3.63, 3.8) is 0 Å². The minimum atomic E-state index is -0.582. The van der Waals surface area contributed by atoms with E-state index in [1.54, 1.807) is 11.8 Å². The van der Waals surface area contributed by atoms with Crippen LogP contribution in [-0.2, 0) is 4.74 Å². The molecule has 0 unspecified atom stereocenters. The van der Waals surface area contributed by atoms with Crippen molar-refractivity contribution < 1.29 is 13.9 Å². The van der Waals surface area contributed by atoms with Gasteiger partial charge in [-0.15, -0.1) is 0 Å². The van der Waals surface area contributed by atoms with Crippen LogP contribution in [0, 0.1) is 5.82 Å². The fourth-order valence-electron chi connectivity index (χ4n) is 1.00. The van der Waals surface area contributed by atoms with Crippen LogP contribution in [0.15, 0.2) is 18.2 Å². The molecule has 5 heteroatoms. The molecule has 1 rings (SSSR count). The fourth-order valence-corrected chi connectivity index (χ4v) is 1.25. The summed E-state index contributed by atoms with van der Waals surface area (Å²) in [4.78, 5) is 11.4. The quantitative estimate of drug-likeness (QED) is 0.487. The highest BCUT2D eigenvalue weighted by Gasteiger charge is 2.11. The molecule has 15 heavy (non-hydrogen) atoms. The largest absolute Gasteiger partial charge is 0.461 e. The van der Waals surface area contributed by atoms with Gasteiger partial charge in [0, 0.05) is 11.4 Å². The number of rotatable bonds is 4. The van der Waals surface area contributed by atoms with Gasteiger partial charge < -0.3 is 10.5 Å². The summed E-state index contributed by atoms with van der Waals surface area (Å²) >= 11 is 1.56. The third kappa shape index (κ3) is 3.43. The number of anilines is 1. The van der Waals surface area contributed by atoms with E-state index in [-0.39, 0.29) is 11.3 Å². The predicted molar refractivity (Wildman–Crippen MR) is 59.5 cm³/mol. The van der Waals surface area contributed by atoms with E-state index >= 15 is 0 Å². The van der Waals surface area contributed by atoms with Crippen molar-refractivity contribution in [2.24, 2.45) is 0 Å². The number of ether oxygens (including phenoxy) is 1. The van der Waals surface area contributed by atoms with E-state index in [9.17, 15) is 9.18 Å². The maximum absolute atomic E-state index is 12.8. The summed E-state index contributed by atoms with van der Waals surface area (Å²) < 4.78 is 17.7. The average molecular weight is 229 g/mol. The summed E-state index contributed by atoms with van der Waals surface area (Å²) in [5, 5.41) is 0. The number of hydrogen-bond acceptors (Lipinski definition) is 4. The Morgan fingerprint density at radius 1 is 1.60 bits per heavy atom. The molecule has 0 aromatic heterocycles. The van der Waals surface area contributed by atoms with Crippen molar-refractivity contribution in [1.29, 1.82) is 0 Å². The number of carbonyl (C=O) groups is 1. The second-order valence-corrected chi connectivity index (χ2v) is 3.85. The van der Waals surface area contributed by atoms with Gasteiger partial charge in [-0.25, -0.2) is 9.18 Å². The Hall–Kier alpha value is -1.23. The highest BCUT2D eigenvalue weighted by atomic mass is 32.2. The van der Waals surface area contributed by atoms with Gasteiger partial charge in [0.1, 0.15) is 12.4 Å². The zero-order valence-electron chi connectivity index (χ0n) is 8.33. The first-order valence-corrected chi connectivity index (χ1v) is 5.75. The molecule has 0 spiro atoms. The highest BCUT2D eigenvalue weighted by Crippen LogP contribution is 2.14. The molecular formula is C10H12FNO2S. The molecule has 0 aliphatic carbocycles. The minimum absolute atomic E-state index is 0.0797. The first-order valence-electron chi connectivity index (χ1n) is 4.36. The molecule has 0 saturated carbocycles. The number of carbonyl (C=O) groups excluding carboxylic acids is 1. The fraction of sp³-hybridized carbons (Fsp3) is 0.300. The molecule has 0 heterocycles. The van der Waals surface area contributed by atoms with Crippen LogP contribution in [0.2, 0.25) is 0 Å². The molecule has 1 aromatic rings. The van der Waals surface area contributed by atoms with Gasteiger partial charge in [-0.1, -0.05) is 0 Å². The Morgan fingerprint density at radius 3 is 3.00 bits per heavy atom. The van der Waals surface area contributed by atoms with Gasteiger partial charge in [-0.3, -0.25) is 0 Å². The third-order valence-corrected chi connectivity index (χ3v) is 2.33. The summed E-state index contributed by atoms with van der Waals surface area (Å²) in [6.07, 6.45) is 1.91. The second-order valence-electron chi connectivity index (χ2n) is 2.86. The number of benzene rings is 1. The van der Waals surface area contributed by atoms with Crippen molar-refractivity contribution in [3.05, 3.63) is 29.6 Å². The van der Waals surface area contributed by atoms with Gasteiger partial charge in [0.15, 0.2) is 0 Å². The molecule has 0 bridgehead atoms. The van der Waals surface area contributed by atoms with Crippen LogP contribution in [0.4, 0.5) is 10.1 Å². The van der Waals surface area contributed by atoms with Crippen molar-refractivity contribution >= 4 is 23.4 Å². The monoisotopic (exact) mass is 229 g/mol. The lowest BCUT2D eigenvalue weighted by atomic mass is 10.2. The summed E-state index contributed by atoms with van der Waals surface area (Å²) in [6, 6.07) is 3.63. The number of halogens is 1. The van der Waals surface area contributed by atoms with Crippen LogP contribution >= 0.6 is 11.8 Å². The van der Waals surface area contributed by atoms with E-state index in [2.05, 4.69) is 0 Å². The normalized spacial score (nSPS) is 10.0. The van der Waals surface area contributed by atoms with Crippen LogP contribution in [0.25, 0.3) is 0 Å². The van der Waals surface area contributed by atoms with Crippen molar-refractivity contribution in [1.82, 2.24) is 0 Å². The lowest BCUT2D eigenvalue weighted by Gasteiger charge is -2.06. The number of esters is 1. The number of nitrogens with two attached hydrogens (primary N) is 1. The van der Waals surface area contributed by atoms with Crippen molar-refractivity contribution in [3.8, 4) is 0 Å². The molecule has 2 N–H and O–H groups in total. The Balaban J connectivity index is 2.68. The zero-order chi connectivity index (χ0) is 11.3. The topological polar surface area (TPSA) is 52.3 Å². The Labute approximate surface area is 91.8 Å². The minimum Gasteiger partial charge on any atom is -0.461 e. The summed E-state index contributed by atoms with van der Waals surface area (Å²) in [6.45, 7) is 0.302. The van der Waals surface area contributed by atoms with E-state index < -0.39 is 11.8 Å². The number of hydrogen-bond donors (Lipinski definition) is 1. The van der Waals surface area contributed by atoms with E-state index in [4.69, 9.17) is 10.5 Å². The SMILES string of the molecule is CSCCOC(=O)c1cc(F)ccc1N. The molecule has 0 aliphatic heterocycles. The maximum Gasteiger partial charge on any atom is 0.340 e. The van der Waals surface area contributed by atoms with Gasteiger partial charge in [0.25, 0.3) is 0 Å². The van der Waals surface area contributed by atoms with Crippen LogP contribution < -0.4 is 5.73 Å². The van der Waals surface area contributed by atoms with E-state index in [0.717, 1.165) is 6.07 Å². The standard InChI is InChI=1S/C10H12FNO2S/c1-15-5-4-14-10(13)8-6-7(11)2-3-9(8)12/h2-3,6H,4-5,12H2,1H3. The van der Waals surface area contributed by atoms with Crippen molar-refractivity contribution in [2.45, 2.75) is 0 Å². The molecule has 0 saturated heterocycles. The van der Waals surface area contributed by atoms with Crippen LogP contribution in [-0.4, -0.2) is 24.6 Å². The first kappa shape index (κ1) is 11.8. The lowest BCUT2D eigenvalue weighted by molar-refractivity contribution is 0.0531. The average Bonchev–Trinajstić information content (AvgIpc) is 2.22. The lowest BCUT2D eigenvalue weighted by Crippen LogP contribution is -2.10. The van der Waals surface area contributed by atoms with E-state index in [0.29, 0.717) is 12.4 Å². The number of thioether (sulfide) groups is 1. The number of nitrogen functional groups attached to an aromatic ring is 1.